The molecule has 0 fully saturated rings. The number of hydrazone groups is 1. The zero-order valence-corrected chi connectivity index (χ0v) is 24.0. The number of hydrogen-bond donors (Lipinski definition) is 2. The first-order chi connectivity index (χ1) is 20.6. The molecule has 0 unspecified atom stereocenters. The predicted octanol–water partition coefficient (Wildman–Crippen LogP) is 5.28. The van der Waals surface area contributed by atoms with Gasteiger partial charge in [-0.1, -0.05) is 6.42 Å². The Hall–Kier alpha value is -5.18. The molecule has 0 saturated carbocycles. The molecule has 224 valence electrons. The molecule has 0 aliphatic heterocycles. The zero-order chi connectivity index (χ0) is 31.1. The van der Waals surface area contributed by atoms with Crippen LogP contribution in [0.25, 0.3) is 0 Å². The lowest BCUT2D eigenvalue weighted by atomic mass is 10.1. The van der Waals surface area contributed by atoms with Crippen LogP contribution in [0.2, 0.25) is 0 Å². The minimum Gasteiger partial charge on any atom is -0.462 e. The second-order valence-electron chi connectivity index (χ2n) is 9.37. The van der Waals surface area contributed by atoms with Crippen LogP contribution >= 0.6 is 11.3 Å². The van der Waals surface area contributed by atoms with Gasteiger partial charge in [-0.15, -0.1) is 11.3 Å². The Bertz CT molecular complexity index is 1620. The van der Waals surface area contributed by atoms with Crippen molar-refractivity contribution >= 4 is 51.2 Å². The SMILES string of the molecule is CCOC(=O)c1c(NC(=O)C(=O)N/N=C(\C)c2ccc(Oc3ccc([N+](=O)[O-])cc3[N+](=O)[O-])cc2)sc2c1CCCCC2. The second kappa shape index (κ2) is 13.7. The summed E-state index contributed by atoms with van der Waals surface area (Å²) in [6, 6.07) is 9.17. The van der Waals surface area contributed by atoms with Crippen molar-refractivity contribution < 1.29 is 33.7 Å². The Labute approximate surface area is 249 Å². The van der Waals surface area contributed by atoms with E-state index in [-0.39, 0.29) is 23.1 Å². The maximum absolute atomic E-state index is 12.7. The number of anilines is 1. The Kier molecular flexibility index (Phi) is 9.77. The molecule has 1 aromatic heterocycles. The maximum Gasteiger partial charge on any atom is 0.341 e. The van der Waals surface area contributed by atoms with Crippen molar-refractivity contribution in [3.63, 3.8) is 0 Å². The largest absolute Gasteiger partial charge is 0.462 e. The smallest absolute Gasteiger partial charge is 0.341 e. The van der Waals surface area contributed by atoms with Gasteiger partial charge in [0.15, 0.2) is 0 Å². The molecule has 1 aliphatic carbocycles. The van der Waals surface area contributed by atoms with E-state index in [9.17, 15) is 34.6 Å². The van der Waals surface area contributed by atoms with Crippen LogP contribution in [0.1, 0.15) is 59.5 Å². The van der Waals surface area contributed by atoms with Gasteiger partial charge in [0.05, 0.1) is 33.8 Å². The normalized spacial score (nSPS) is 12.8. The summed E-state index contributed by atoms with van der Waals surface area (Å²) < 4.78 is 10.8. The van der Waals surface area contributed by atoms with E-state index in [4.69, 9.17) is 9.47 Å². The van der Waals surface area contributed by atoms with E-state index in [0.29, 0.717) is 23.3 Å². The summed E-state index contributed by atoms with van der Waals surface area (Å²) in [5.74, 6) is -2.54. The molecule has 2 N–H and O–H groups in total. The number of nitro benzene ring substituents is 2. The van der Waals surface area contributed by atoms with Crippen molar-refractivity contribution in [1.29, 1.82) is 0 Å². The van der Waals surface area contributed by atoms with Crippen LogP contribution in [0.5, 0.6) is 11.5 Å². The van der Waals surface area contributed by atoms with Gasteiger partial charge in [0.2, 0.25) is 5.75 Å². The van der Waals surface area contributed by atoms with E-state index in [0.717, 1.165) is 54.3 Å². The number of esters is 1. The molecule has 2 aromatic carbocycles. The number of thiophene rings is 1. The van der Waals surface area contributed by atoms with Gasteiger partial charge in [0.1, 0.15) is 10.8 Å². The lowest BCUT2D eigenvalue weighted by molar-refractivity contribution is -0.394. The van der Waals surface area contributed by atoms with Gasteiger partial charge in [-0.05, 0) is 81.0 Å². The van der Waals surface area contributed by atoms with E-state index in [1.165, 1.54) is 23.5 Å². The number of amides is 2. The molecule has 43 heavy (non-hydrogen) atoms. The van der Waals surface area contributed by atoms with Crippen LogP contribution in [0.15, 0.2) is 47.6 Å². The molecule has 0 bridgehead atoms. The molecule has 1 aliphatic rings. The molecular weight excluding hydrogens is 582 g/mol. The van der Waals surface area contributed by atoms with Crippen LogP contribution in [0, 0.1) is 20.2 Å². The first-order valence-corrected chi connectivity index (χ1v) is 14.1. The van der Waals surface area contributed by atoms with Crippen molar-refractivity contribution in [1.82, 2.24) is 5.43 Å². The van der Waals surface area contributed by atoms with E-state index < -0.39 is 39.0 Å². The summed E-state index contributed by atoms with van der Waals surface area (Å²) in [7, 11) is 0. The number of carbonyl (C=O) groups is 3. The highest BCUT2D eigenvalue weighted by atomic mass is 32.1. The number of nitro groups is 2. The number of rotatable bonds is 9. The lowest BCUT2D eigenvalue weighted by Gasteiger charge is -2.09. The number of aryl methyl sites for hydroxylation is 1. The predicted molar refractivity (Wildman–Crippen MR) is 157 cm³/mol. The third-order valence-electron chi connectivity index (χ3n) is 6.51. The number of carbonyl (C=O) groups excluding carboxylic acids is 3. The number of non-ortho nitro benzene ring substituents is 1. The van der Waals surface area contributed by atoms with Gasteiger partial charge in [0, 0.05) is 10.9 Å². The summed E-state index contributed by atoms with van der Waals surface area (Å²) >= 11 is 1.27. The highest BCUT2D eigenvalue weighted by Gasteiger charge is 2.28. The maximum atomic E-state index is 12.7. The number of nitrogens with one attached hydrogen (secondary N) is 2. The number of hydrogen-bond acceptors (Lipinski definition) is 11. The lowest BCUT2D eigenvalue weighted by Crippen LogP contribution is -2.33. The van der Waals surface area contributed by atoms with Crippen molar-refractivity contribution in [3.8, 4) is 11.5 Å². The molecule has 0 atom stereocenters. The highest BCUT2D eigenvalue weighted by molar-refractivity contribution is 7.17. The summed E-state index contributed by atoms with van der Waals surface area (Å²) in [6.07, 6.45) is 4.42. The number of fused-ring (bicyclic) bond motifs is 1. The van der Waals surface area contributed by atoms with Crippen molar-refractivity contribution in [2.24, 2.45) is 5.10 Å². The van der Waals surface area contributed by atoms with Gasteiger partial charge in [0.25, 0.3) is 5.69 Å². The summed E-state index contributed by atoms with van der Waals surface area (Å²) in [5.41, 5.74) is 3.23. The van der Waals surface area contributed by atoms with E-state index in [2.05, 4.69) is 15.8 Å². The fourth-order valence-electron chi connectivity index (χ4n) is 4.40. The average molecular weight is 610 g/mol. The molecule has 3 aromatic rings. The first kappa shape index (κ1) is 30.8. The minimum absolute atomic E-state index is 0.176. The molecule has 0 saturated heterocycles. The fraction of sp³-hybridized carbons (Fsp3) is 0.286. The average Bonchev–Trinajstić information content (AvgIpc) is 3.15. The fourth-order valence-corrected chi connectivity index (χ4v) is 5.67. The van der Waals surface area contributed by atoms with Crippen molar-refractivity contribution in [2.45, 2.75) is 46.0 Å². The third kappa shape index (κ3) is 7.37. The first-order valence-electron chi connectivity index (χ1n) is 13.3. The molecular formula is C28H27N5O9S. The van der Waals surface area contributed by atoms with Gasteiger partial charge in [-0.3, -0.25) is 29.8 Å². The van der Waals surface area contributed by atoms with E-state index in [1.807, 2.05) is 0 Å². The van der Waals surface area contributed by atoms with Gasteiger partial charge in [-0.2, -0.15) is 5.10 Å². The van der Waals surface area contributed by atoms with Gasteiger partial charge in [-0.25, -0.2) is 10.2 Å². The Balaban J connectivity index is 1.42. The van der Waals surface area contributed by atoms with Crippen LogP contribution in [0.3, 0.4) is 0 Å². The van der Waals surface area contributed by atoms with Crippen LogP contribution in [0.4, 0.5) is 16.4 Å². The Morgan fingerprint density at radius 3 is 2.37 bits per heavy atom. The summed E-state index contributed by atoms with van der Waals surface area (Å²) in [4.78, 5) is 59.7. The van der Waals surface area contributed by atoms with Crippen molar-refractivity contribution in [3.05, 3.63) is 84.3 Å². The van der Waals surface area contributed by atoms with Gasteiger partial charge >= 0.3 is 23.5 Å². The molecule has 0 radical (unpaired) electrons. The summed E-state index contributed by atoms with van der Waals surface area (Å²) in [6.45, 7) is 3.46. The molecule has 14 nitrogen and oxygen atoms in total. The molecule has 15 heteroatoms. The number of nitrogens with zero attached hydrogens (tertiary/aromatic N) is 3. The van der Waals surface area contributed by atoms with Gasteiger partial charge < -0.3 is 14.8 Å². The summed E-state index contributed by atoms with van der Waals surface area (Å²) in [5, 5.41) is 29.1. The number of benzene rings is 2. The van der Waals surface area contributed by atoms with Crippen molar-refractivity contribution in [2.75, 3.05) is 11.9 Å². The quantitative estimate of drug-likeness (QED) is 0.0810. The molecule has 0 spiro atoms. The standard InChI is InChI=1S/C28H27N5O9S/c1-3-41-28(36)24-20-7-5-4-6-8-23(20)43-27(24)29-25(34)26(35)31-30-16(2)17-9-12-19(13-10-17)42-22-14-11-18(32(37)38)15-21(22)33(39)40/h9-15H,3-8H2,1-2H3,(H,29,34)(H,31,35)/b30-16+. The van der Waals surface area contributed by atoms with E-state index in [1.54, 1.807) is 26.0 Å². The molecule has 2 amide bonds. The Morgan fingerprint density at radius 2 is 1.70 bits per heavy atom. The van der Waals surface area contributed by atoms with E-state index >= 15 is 0 Å². The van der Waals surface area contributed by atoms with Crippen LogP contribution < -0.4 is 15.5 Å². The molecule has 1 heterocycles. The highest BCUT2D eigenvalue weighted by Crippen LogP contribution is 2.38. The monoisotopic (exact) mass is 609 g/mol. The second-order valence-corrected chi connectivity index (χ2v) is 10.5. The zero-order valence-electron chi connectivity index (χ0n) is 23.2. The topological polar surface area (TPSA) is 192 Å². The third-order valence-corrected chi connectivity index (χ3v) is 7.72. The van der Waals surface area contributed by atoms with Crippen LogP contribution in [-0.4, -0.2) is 39.9 Å². The number of ether oxygens (including phenoxy) is 2. The minimum atomic E-state index is -1.04. The van der Waals surface area contributed by atoms with Crippen LogP contribution in [-0.2, 0) is 27.2 Å². The Morgan fingerprint density at radius 1 is 0.977 bits per heavy atom. The molecule has 4 rings (SSSR count).